The van der Waals surface area contributed by atoms with Crippen molar-refractivity contribution in [1.82, 2.24) is 5.32 Å². The molecule has 0 aliphatic rings. The monoisotopic (exact) mass is 542 g/mol. The Labute approximate surface area is 249 Å². The molecule has 0 heterocycles. The largest absolute Gasteiger partial charge is 0.387 e. The lowest BCUT2D eigenvalue weighted by Gasteiger charge is -2.14. The molecule has 0 aliphatic carbocycles. The van der Waals surface area contributed by atoms with Crippen LogP contribution in [0.15, 0.2) is 170 Å². The van der Waals surface area contributed by atoms with Gasteiger partial charge < -0.3 is 10.6 Å². The molecule has 6 aromatic rings. The third-order valence-corrected chi connectivity index (χ3v) is 7.37. The highest BCUT2D eigenvalue weighted by Crippen LogP contribution is 2.33. The van der Waals surface area contributed by atoms with Crippen LogP contribution in [0.2, 0.25) is 0 Å². The molecule has 0 spiro atoms. The summed E-state index contributed by atoms with van der Waals surface area (Å²) in [6.07, 6.45) is 5.13. The van der Waals surface area contributed by atoms with Crippen LogP contribution in [-0.4, -0.2) is 0 Å². The second kappa shape index (κ2) is 13.3. The van der Waals surface area contributed by atoms with Crippen molar-refractivity contribution in [1.29, 1.82) is 0 Å². The fraction of sp³-hybridized carbons (Fsp3) is 0.0500. The van der Waals surface area contributed by atoms with Crippen LogP contribution in [0.25, 0.3) is 33.4 Å². The van der Waals surface area contributed by atoms with Gasteiger partial charge in [-0.15, -0.1) is 0 Å². The average molecular weight is 543 g/mol. The maximum Gasteiger partial charge on any atom is 0.0463 e. The Kier molecular flexibility index (Phi) is 8.53. The zero-order valence-electron chi connectivity index (χ0n) is 23.6. The number of anilines is 2. The molecule has 0 unspecified atom stereocenters. The van der Waals surface area contributed by atoms with Crippen LogP contribution in [0.4, 0.5) is 11.4 Å². The molecule has 2 heteroatoms. The van der Waals surface area contributed by atoms with E-state index in [1.54, 1.807) is 0 Å². The van der Waals surface area contributed by atoms with Gasteiger partial charge in [-0.1, -0.05) is 140 Å². The molecular weight excluding hydrogens is 508 g/mol. The Morgan fingerprint density at radius 2 is 1.07 bits per heavy atom. The van der Waals surface area contributed by atoms with Crippen LogP contribution in [0.3, 0.4) is 0 Å². The molecule has 2 N–H and O–H groups in total. The maximum absolute atomic E-state index is 3.66. The summed E-state index contributed by atoms with van der Waals surface area (Å²) in [4.78, 5) is 0. The van der Waals surface area contributed by atoms with E-state index in [0.717, 1.165) is 24.3 Å². The first-order valence-corrected chi connectivity index (χ1v) is 14.5. The first kappa shape index (κ1) is 26.9. The molecule has 0 amide bonds. The summed E-state index contributed by atoms with van der Waals surface area (Å²) in [5.74, 6) is 0. The minimum absolute atomic E-state index is 0.764. The van der Waals surface area contributed by atoms with Gasteiger partial charge in [-0.3, -0.25) is 0 Å². The van der Waals surface area contributed by atoms with E-state index < -0.39 is 0 Å². The predicted molar refractivity (Wildman–Crippen MR) is 179 cm³/mol. The predicted octanol–water partition coefficient (Wildman–Crippen LogP) is 10.3. The van der Waals surface area contributed by atoms with Crippen molar-refractivity contribution in [2.75, 3.05) is 5.32 Å². The summed E-state index contributed by atoms with van der Waals surface area (Å²) >= 11 is 0. The minimum Gasteiger partial charge on any atom is -0.387 e. The Hall–Kier alpha value is -5.34. The molecule has 0 aliphatic heterocycles. The molecule has 0 fully saturated rings. The van der Waals surface area contributed by atoms with Crippen molar-refractivity contribution in [3.05, 3.63) is 181 Å². The van der Waals surface area contributed by atoms with E-state index in [1.807, 2.05) is 0 Å². The summed E-state index contributed by atoms with van der Waals surface area (Å²) in [5.41, 5.74) is 12.0. The second-order valence-electron chi connectivity index (χ2n) is 10.4. The number of para-hydroxylation sites is 1. The van der Waals surface area contributed by atoms with Gasteiger partial charge in [-0.25, -0.2) is 0 Å². The van der Waals surface area contributed by atoms with Gasteiger partial charge in [0.05, 0.1) is 0 Å². The quantitative estimate of drug-likeness (QED) is 0.180. The normalized spacial score (nSPS) is 11.0. The SMILES string of the molecule is C(=C/NCc1cccc(Nc2ccccc2-c2cccc(-c3ccccc3)c2)c1)/Cc1ccc(-c2ccccc2)cc1. The summed E-state index contributed by atoms with van der Waals surface area (Å²) in [5, 5.41) is 7.12. The minimum atomic E-state index is 0.764. The van der Waals surface area contributed by atoms with Crippen molar-refractivity contribution in [2.24, 2.45) is 0 Å². The van der Waals surface area contributed by atoms with Crippen molar-refractivity contribution in [3.63, 3.8) is 0 Å². The number of hydrogen-bond acceptors (Lipinski definition) is 2. The van der Waals surface area contributed by atoms with E-state index in [2.05, 4.69) is 181 Å². The molecule has 6 aromatic carbocycles. The van der Waals surface area contributed by atoms with Gasteiger partial charge in [0.1, 0.15) is 0 Å². The Balaban J connectivity index is 1.07. The van der Waals surface area contributed by atoms with Gasteiger partial charge in [0, 0.05) is 23.5 Å². The molecule has 42 heavy (non-hydrogen) atoms. The number of nitrogens with one attached hydrogen (secondary N) is 2. The van der Waals surface area contributed by atoms with Crippen molar-refractivity contribution in [2.45, 2.75) is 13.0 Å². The molecule has 0 radical (unpaired) electrons. The highest BCUT2D eigenvalue weighted by atomic mass is 14.9. The van der Waals surface area contributed by atoms with Crippen molar-refractivity contribution < 1.29 is 0 Å². The first-order chi connectivity index (χ1) is 20.8. The Morgan fingerprint density at radius 1 is 0.452 bits per heavy atom. The van der Waals surface area contributed by atoms with Crippen LogP contribution in [0, 0.1) is 0 Å². The van der Waals surface area contributed by atoms with Crippen LogP contribution >= 0.6 is 0 Å². The molecule has 6 rings (SSSR count). The summed E-state index contributed by atoms with van der Waals surface area (Å²) < 4.78 is 0. The van der Waals surface area contributed by atoms with Gasteiger partial charge in [0.15, 0.2) is 0 Å². The van der Waals surface area contributed by atoms with Gasteiger partial charge in [-0.2, -0.15) is 0 Å². The van der Waals surface area contributed by atoms with Crippen molar-refractivity contribution >= 4 is 11.4 Å². The van der Waals surface area contributed by atoms with E-state index >= 15 is 0 Å². The van der Waals surface area contributed by atoms with Crippen LogP contribution in [0.1, 0.15) is 11.1 Å². The number of allylic oxidation sites excluding steroid dienone is 1. The summed E-state index contributed by atoms with van der Waals surface area (Å²) in [7, 11) is 0. The molecule has 204 valence electrons. The fourth-order valence-corrected chi connectivity index (χ4v) is 5.17. The highest BCUT2D eigenvalue weighted by molar-refractivity contribution is 5.83. The lowest BCUT2D eigenvalue weighted by molar-refractivity contribution is 0.866. The molecule has 0 aromatic heterocycles. The molecule has 0 bridgehead atoms. The van der Waals surface area contributed by atoms with Gasteiger partial charge >= 0.3 is 0 Å². The summed E-state index contributed by atoms with van der Waals surface area (Å²) in [6, 6.07) is 55.7. The van der Waals surface area contributed by atoms with E-state index in [4.69, 9.17) is 0 Å². The van der Waals surface area contributed by atoms with E-state index in [9.17, 15) is 0 Å². The number of rotatable bonds is 10. The highest BCUT2D eigenvalue weighted by Gasteiger charge is 2.07. The Morgan fingerprint density at radius 3 is 1.86 bits per heavy atom. The fourth-order valence-electron chi connectivity index (χ4n) is 5.17. The molecule has 0 saturated carbocycles. The number of benzene rings is 6. The zero-order chi connectivity index (χ0) is 28.4. The first-order valence-electron chi connectivity index (χ1n) is 14.5. The standard InChI is InChI=1S/C40H34N2/c1-3-14-33(15-4-1)35-25-23-31(24-26-35)13-11-27-41-30-32-12-9-20-38(28-32)42-40-22-8-7-21-39(40)37-19-10-18-36(29-37)34-16-5-2-6-17-34/h1-12,14-29,41-42H,13,30H2/b27-11-. The topological polar surface area (TPSA) is 24.1 Å². The molecule has 0 saturated heterocycles. The molecule has 2 nitrogen and oxygen atoms in total. The van der Waals surface area contributed by atoms with Crippen LogP contribution in [-0.2, 0) is 13.0 Å². The van der Waals surface area contributed by atoms with Crippen molar-refractivity contribution in [3.8, 4) is 33.4 Å². The zero-order valence-corrected chi connectivity index (χ0v) is 23.6. The van der Waals surface area contributed by atoms with E-state index in [0.29, 0.717) is 0 Å². The van der Waals surface area contributed by atoms with Crippen LogP contribution in [0.5, 0.6) is 0 Å². The third kappa shape index (κ3) is 6.86. The molecule has 0 atom stereocenters. The smallest absolute Gasteiger partial charge is 0.0463 e. The Bertz CT molecular complexity index is 1750. The number of hydrogen-bond donors (Lipinski definition) is 2. The maximum atomic E-state index is 3.66. The van der Waals surface area contributed by atoms with Gasteiger partial charge in [0.2, 0.25) is 0 Å². The van der Waals surface area contributed by atoms with Gasteiger partial charge in [-0.05, 0) is 75.8 Å². The van der Waals surface area contributed by atoms with E-state index in [-0.39, 0.29) is 0 Å². The third-order valence-electron chi connectivity index (χ3n) is 7.37. The molecular formula is C40H34N2. The lowest BCUT2D eigenvalue weighted by atomic mass is 9.98. The lowest BCUT2D eigenvalue weighted by Crippen LogP contribution is -2.05. The van der Waals surface area contributed by atoms with Crippen LogP contribution < -0.4 is 10.6 Å². The second-order valence-corrected chi connectivity index (χ2v) is 10.4. The van der Waals surface area contributed by atoms with E-state index in [1.165, 1.54) is 44.5 Å². The van der Waals surface area contributed by atoms with Gasteiger partial charge in [0.25, 0.3) is 0 Å². The summed E-state index contributed by atoms with van der Waals surface area (Å²) in [6.45, 7) is 0.764. The average Bonchev–Trinajstić information content (AvgIpc) is 3.06.